The van der Waals surface area contributed by atoms with Crippen molar-refractivity contribution in [3.8, 4) is 0 Å². The molecule has 2 aliphatic carbocycles. The van der Waals surface area contributed by atoms with Crippen LogP contribution in [-0.2, 0) is 43.0 Å². The minimum absolute atomic E-state index is 0.0292. The number of esters is 1. The third-order valence-electron chi connectivity index (χ3n) is 9.19. The van der Waals surface area contributed by atoms with E-state index in [9.17, 15) is 39.0 Å². The van der Waals surface area contributed by atoms with Crippen LogP contribution in [0.5, 0.6) is 0 Å². The van der Waals surface area contributed by atoms with Crippen molar-refractivity contribution < 1.29 is 53.2 Å². The summed E-state index contributed by atoms with van der Waals surface area (Å²) in [4.78, 5) is 83.8. The minimum Gasteiger partial charge on any atom is -0.492 e. The Bertz CT molecular complexity index is 1590. The number of hydrogen-bond donors (Lipinski definition) is 2. The van der Waals surface area contributed by atoms with Gasteiger partial charge in [0.2, 0.25) is 17.3 Å². The van der Waals surface area contributed by atoms with Gasteiger partial charge >= 0.3 is 5.97 Å². The lowest BCUT2D eigenvalue weighted by Gasteiger charge is -2.61. The van der Waals surface area contributed by atoms with Crippen LogP contribution in [0.1, 0.15) is 34.1 Å². The fraction of sp³-hybridized carbons (Fsp3) is 0.467. The predicted octanol–water partition coefficient (Wildman–Crippen LogP) is -0.420. The van der Waals surface area contributed by atoms with Crippen LogP contribution in [0.3, 0.4) is 0 Å². The molecule has 1 amide bonds. The molecule has 0 saturated carbocycles. The summed E-state index contributed by atoms with van der Waals surface area (Å²) >= 11 is 0. The Labute approximate surface area is 246 Å². The highest BCUT2D eigenvalue weighted by Crippen LogP contribution is 2.50. The van der Waals surface area contributed by atoms with Crippen molar-refractivity contribution in [2.24, 2.45) is 0 Å². The largest absolute Gasteiger partial charge is 0.492 e. The van der Waals surface area contributed by atoms with Gasteiger partial charge in [-0.3, -0.25) is 28.9 Å². The number of aliphatic hydroxyl groups excluding tert-OH is 1. The number of piperazine rings is 1. The molecule has 1 saturated heterocycles. The van der Waals surface area contributed by atoms with Crippen LogP contribution in [0.25, 0.3) is 0 Å². The summed E-state index contributed by atoms with van der Waals surface area (Å²) in [7, 11) is 3.76. The van der Waals surface area contributed by atoms with Gasteiger partial charge in [-0.15, -0.1) is 0 Å². The molecule has 5 aliphatic rings. The monoisotopic (exact) mass is 596 g/mol. The third-order valence-corrected chi connectivity index (χ3v) is 9.19. The number of hydrogen-bond acceptors (Lipinski definition) is 12. The van der Waals surface area contributed by atoms with Gasteiger partial charge in [0.05, 0.1) is 32.3 Å². The molecule has 13 nitrogen and oxygen atoms in total. The molecule has 43 heavy (non-hydrogen) atoms. The minimum atomic E-state index is -2.75. The first-order chi connectivity index (χ1) is 20.2. The highest BCUT2D eigenvalue weighted by Gasteiger charge is 2.68. The van der Waals surface area contributed by atoms with E-state index in [1.165, 1.54) is 48.1 Å². The molecule has 0 aromatic rings. The molecule has 3 aliphatic heterocycles. The molecule has 1 unspecified atom stereocenters. The van der Waals surface area contributed by atoms with Crippen molar-refractivity contribution in [1.82, 2.24) is 9.80 Å². The third kappa shape index (κ3) is 3.81. The van der Waals surface area contributed by atoms with Crippen molar-refractivity contribution in [2.75, 3.05) is 27.9 Å². The number of Topliss-reactive ketones (excluding diaryl/α,β-unsaturated/α-hetero) is 4. The van der Waals surface area contributed by atoms with Gasteiger partial charge in [-0.25, -0.2) is 4.79 Å². The molecule has 13 heteroatoms. The fourth-order valence-electron chi connectivity index (χ4n) is 6.83. The van der Waals surface area contributed by atoms with Gasteiger partial charge in [0.15, 0.2) is 23.1 Å². The van der Waals surface area contributed by atoms with Crippen molar-refractivity contribution in [3.63, 3.8) is 0 Å². The van der Waals surface area contributed by atoms with Crippen LogP contribution >= 0.6 is 0 Å². The number of rotatable bonds is 5. The van der Waals surface area contributed by atoms with E-state index in [2.05, 4.69) is 0 Å². The second kappa shape index (κ2) is 10.2. The molecule has 5 rings (SSSR count). The van der Waals surface area contributed by atoms with Gasteiger partial charge < -0.3 is 29.3 Å². The molecule has 0 radical (unpaired) electrons. The topological polar surface area (TPSA) is 177 Å². The molecule has 2 N–H and O–H groups in total. The van der Waals surface area contributed by atoms with Crippen LogP contribution in [0.15, 0.2) is 56.6 Å². The number of allylic oxidation sites excluding steroid dienone is 5. The Morgan fingerprint density at radius 3 is 2.07 bits per heavy atom. The van der Waals surface area contributed by atoms with Crippen LogP contribution in [-0.4, -0.2) is 113 Å². The summed E-state index contributed by atoms with van der Waals surface area (Å²) in [6.07, 6.45) is -0.900. The zero-order valence-electron chi connectivity index (χ0n) is 24.8. The Kier molecular flexibility index (Phi) is 7.19. The van der Waals surface area contributed by atoms with Gasteiger partial charge in [-0.1, -0.05) is 6.08 Å². The van der Waals surface area contributed by atoms with Gasteiger partial charge in [-0.2, -0.15) is 0 Å². The average molecular weight is 597 g/mol. The van der Waals surface area contributed by atoms with E-state index in [4.69, 9.17) is 14.2 Å². The number of likely N-dealkylation sites (N-methyl/N-ethyl adjacent to an activating group) is 1. The maximum atomic E-state index is 14.3. The lowest BCUT2D eigenvalue weighted by molar-refractivity contribution is -0.228. The first kappa shape index (κ1) is 30.3. The molecular formula is C30H32N2O11. The first-order valence-electron chi connectivity index (χ1n) is 13.6. The quantitative estimate of drug-likeness (QED) is 0.238. The second-order valence-electron chi connectivity index (χ2n) is 11.1. The summed E-state index contributed by atoms with van der Waals surface area (Å²) in [6, 6.07) is -3.74. The number of ketones is 4. The van der Waals surface area contributed by atoms with Crippen LogP contribution in [0.4, 0.5) is 0 Å². The van der Waals surface area contributed by atoms with Gasteiger partial charge in [0, 0.05) is 39.0 Å². The summed E-state index contributed by atoms with van der Waals surface area (Å²) in [5.41, 5.74) is -3.32. The summed E-state index contributed by atoms with van der Waals surface area (Å²) in [5.74, 6) is -5.08. The number of ether oxygens (including phenoxy) is 3. The van der Waals surface area contributed by atoms with Crippen LogP contribution < -0.4 is 0 Å². The Morgan fingerprint density at radius 1 is 0.953 bits per heavy atom. The highest BCUT2D eigenvalue weighted by atomic mass is 16.5. The molecule has 2 bridgehead atoms. The standard InChI is InChI=1S/C30H32N2O11/c1-8-11(2)28(38)43-10-16-17-14(21(33)12(3)25(41-6)23(17)35)9-15-20-18-19(22(34)13(4)26(42-7)24(18)36)27(37)30(40,31(20)5)29(39)32(15)16/h8,15-16,20,27,37,40H,9-10H2,1-7H3/b11-8-/t15-,16-,20?,27-,30+/m0/s1. The van der Waals surface area contributed by atoms with E-state index in [1.807, 2.05) is 0 Å². The Hall–Kier alpha value is -4.20. The number of nitrogens with zero attached hydrogens (tertiary/aromatic N) is 2. The van der Waals surface area contributed by atoms with Crippen molar-refractivity contribution in [1.29, 1.82) is 0 Å². The van der Waals surface area contributed by atoms with Crippen molar-refractivity contribution in [3.05, 3.63) is 56.6 Å². The number of methoxy groups -OCH3 is 2. The smallest absolute Gasteiger partial charge is 0.333 e. The van der Waals surface area contributed by atoms with Crippen LogP contribution in [0.2, 0.25) is 0 Å². The second-order valence-corrected chi connectivity index (χ2v) is 11.1. The lowest BCUT2D eigenvalue weighted by Crippen LogP contribution is -2.81. The Balaban J connectivity index is 1.75. The predicted molar refractivity (Wildman–Crippen MR) is 145 cm³/mol. The Morgan fingerprint density at radius 2 is 1.51 bits per heavy atom. The van der Waals surface area contributed by atoms with Crippen LogP contribution in [0, 0.1) is 0 Å². The molecule has 0 aromatic carbocycles. The first-order valence-corrected chi connectivity index (χ1v) is 13.6. The molecule has 5 atom stereocenters. The van der Waals surface area contributed by atoms with E-state index in [0.717, 1.165) is 9.80 Å². The maximum Gasteiger partial charge on any atom is 0.333 e. The summed E-state index contributed by atoms with van der Waals surface area (Å²) in [5, 5.41) is 23.3. The number of fused-ring (bicyclic) bond motifs is 5. The van der Waals surface area contributed by atoms with E-state index < -0.39 is 77.1 Å². The highest BCUT2D eigenvalue weighted by molar-refractivity contribution is 6.27. The number of carbonyl (C=O) groups excluding carboxylic acids is 6. The lowest BCUT2D eigenvalue weighted by atomic mass is 9.67. The van der Waals surface area contributed by atoms with Gasteiger partial charge in [0.25, 0.3) is 5.91 Å². The zero-order valence-corrected chi connectivity index (χ0v) is 24.8. The molecule has 0 spiro atoms. The summed E-state index contributed by atoms with van der Waals surface area (Å²) in [6.45, 7) is 5.30. The molecule has 1 fully saturated rings. The van der Waals surface area contributed by atoms with Crippen molar-refractivity contribution >= 4 is 35.0 Å². The van der Waals surface area contributed by atoms with E-state index in [0.29, 0.717) is 0 Å². The summed E-state index contributed by atoms with van der Waals surface area (Å²) < 4.78 is 16.0. The van der Waals surface area contributed by atoms with E-state index in [1.54, 1.807) is 6.92 Å². The number of carbonyl (C=O) groups is 6. The van der Waals surface area contributed by atoms with E-state index >= 15 is 0 Å². The van der Waals surface area contributed by atoms with E-state index in [-0.39, 0.29) is 51.4 Å². The maximum absolute atomic E-state index is 14.3. The molecule has 228 valence electrons. The number of amides is 1. The molecular weight excluding hydrogens is 564 g/mol. The normalized spacial score (nSPS) is 31.4. The van der Waals surface area contributed by atoms with Gasteiger partial charge in [0.1, 0.15) is 12.7 Å². The van der Waals surface area contributed by atoms with Crippen molar-refractivity contribution in [2.45, 2.75) is 64.1 Å². The molecule has 3 heterocycles. The average Bonchev–Trinajstić information content (AvgIpc) is 2.98. The van der Waals surface area contributed by atoms with Gasteiger partial charge in [-0.05, 0) is 41.2 Å². The SMILES string of the molecule is C/C=C(/C)C(=O)OC[C@H]1C2=C(C[C@H]3C4C5=C(C(=O)C(C)=C(OC)C5=O)[C@H](O)[C@@](O)(C(=O)N13)N4C)C(=O)C(C)=C(OC)C2=O. The molecule has 0 aromatic heterocycles. The zero-order chi connectivity index (χ0) is 31.9. The number of aliphatic hydroxyl groups is 2. The fourth-order valence-corrected chi connectivity index (χ4v) is 6.83.